The highest BCUT2D eigenvalue weighted by Crippen LogP contribution is 2.39. The minimum absolute atomic E-state index is 0.0965. The Labute approximate surface area is 249 Å². The van der Waals surface area contributed by atoms with Crippen LogP contribution in [0.2, 0.25) is 0 Å². The number of ether oxygens (including phenoxy) is 3. The fourth-order valence-corrected chi connectivity index (χ4v) is 4.88. The van der Waals surface area contributed by atoms with Crippen LogP contribution in [0.3, 0.4) is 0 Å². The lowest BCUT2D eigenvalue weighted by atomic mass is 10.00. The molecule has 0 saturated carbocycles. The van der Waals surface area contributed by atoms with Gasteiger partial charge in [0.15, 0.2) is 6.29 Å². The highest BCUT2D eigenvalue weighted by molar-refractivity contribution is 5.66. The van der Waals surface area contributed by atoms with Crippen LogP contribution >= 0.6 is 0 Å². The van der Waals surface area contributed by atoms with Crippen LogP contribution in [0.1, 0.15) is 36.3 Å². The van der Waals surface area contributed by atoms with Gasteiger partial charge in [0.1, 0.15) is 40.4 Å². The van der Waals surface area contributed by atoms with Gasteiger partial charge in [-0.2, -0.15) is 8.78 Å². The van der Waals surface area contributed by atoms with E-state index in [0.29, 0.717) is 55.4 Å². The van der Waals surface area contributed by atoms with Crippen molar-refractivity contribution in [1.82, 2.24) is 0 Å². The lowest BCUT2D eigenvalue weighted by molar-refractivity contribution is -0.202. The molecule has 4 aromatic carbocycles. The van der Waals surface area contributed by atoms with Gasteiger partial charge in [-0.3, -0.25) is 0 Å². The van der Waals surface area contributed by atoms with Crippen molar-refractivity contribution in [3.05, 3.63) is 125 Å². The molecular formula is C34H27F7O3. The predicted molar refractivity (Wildman–Crippen MR) is 150 cm³/mol. The molecule has 0 radical (unpaired) electrons. The average Bonchev–Trinajstić information content (AvgIpc) is 2.96. The summed E-state index contributed by atoms with van der Waals surface area (Å²) in [7, 11) is 0. The maximum absolute atomic E-state index is 15.0. The SMILES string of the molecule is C=CCCc1ccc(-c2ccc(OC(F)(F)c3c(F)cc(-c4ccc(C5OCC(C)CO5)cc4F)cc3F)cc2F)cc1F. The van der Waals surface area contributed by atoms with Crippen molar-refractivity contribution in [2.45, 2.75) is 32.2 Å². The van der Waals surface area contributed by atoms with Crippen LogP contribution in [0, 0.1) is 35.0 Å². The molecule has 0 N–H and O–H groups in total. The quantitative estimate of drug-likeness (QED) is 0.138. The van der Waals surface area contributed by atoms with Gasteiger partial charge in [0.25, 0.3) is 0 Å². The van der Waals surface area contributed by atoms with Gasteiger partial charge in [-0.05, 0) is 65.9 Å². The summed E-state index contributed by atoms with van der Waals surface area (Å²) in [5.41, 5.74) is -1.50. The molecule has 0 amide bonds. The van der Waals surface area contributed by atoms with Crippen molar-refractivity contribution in [1.29, 1.82) is 0 Å². The smallest absolute Gasteiger partial charge is 0.429 e. The summed E-state index contributed by atoms with van der Waals surface area (Å²) in [5.74, 6) is -6.43. The third kappa shape index (κ3) is 6.66. The van der Waals surface area contributed by atoms with Gasteiger partial charge in [0.05, 0.1) is 13.2 Å². The normalized spacial score (nSPS) is 17.0. The minimum Gasteiger partial charge on any atom is -0.429 e. The molecule has 44 heavy (non-hydrogen) atoms. The van der Waals surface area contributed by atoms with Crippen molar-refractivity contribution in [3.8, 4) is 28.0 Å². The summed E-state index contributed by atoms with van der Waals surface area (Å²) >= 11 is 0. The van der Waals surface area contributed by atoms with E-state index in [0.717, 1.165) is 24.3 Å². The van der Waals surface area contributed by atoms with Crippen LogP contribution in [-0.4, -0.2) is 13.2 Å². The zero-order valence-corrected chi connectivity index (χ0v) is 23.5. The van der Waals surface area contributed by atoms with Crippen LogP contribution < -0.4 is 4.74 Å². The first kappa shape index (κ1) is 31.3. The summed E-state index contributed by atoms with van der Waals surface area (Å²) in [4.78, 5) is 0. The second-order valence-electron chi connectivity index (χ2n) is 10.6. The van der Waals surface area contributed by atoms with E-state index < -0.39 is 52.8 Å². The van der Waals surface area contributed by atoms with E-state index in [9.17, 15) is 22.0 Å². The Morgan fingerprint density at radius 3 is 2.00 bits per heavy atom. The van der Waals surface area contributed by atoms with Crippen molar-refractivity contribution >= 4 is 0 Å². The largest absolute Gasteiger partial charge is 0.432 e. The highest BCUT2D eigenvalue weighted by atomic mass is 19.3. The molecule has 0 aliphatic carbocycles. The minimum atomic E-state index is -4.57. The highest BCUT2D eigenvalue weighted by Gasteiger charge is 2.41. The number of hydrogen-bond acceptors (Lipinski definition) is 3. The fourth-order valence-electron chi connectivity index (χ4n) is 4.88. The molecule has 10 heteroatoms. The lowest BCUT2D eigenvalue weighted by Crippen LogP contribution is -2.25. The molecule has 1 saturated heterocycles. The molecule has 0 aromatic heterocycles. The zero-order valence-electron chi connectivity index (χ0n) is 23.5. The Morgan fingerprint density at radius 2 is 1.39 bits per heavy atom. The number of benzene rings is 4. The summed E-state index contributed by atoms with van der Waals surface area (Å²) < 4.78 is 120. The van der Waals surface area contributed by atoms with E-state index in [1.54, 1.807) is 6.08 Å². The third-order valence-corrected chi connectivity index (χ3v) is 7.14. The van der Waals surface area contributed by atoms with Gasteiger partial charge >= 0.3 is 6.11 Å². The molecule has 1 aliphatic rings. The molecule has 4 aromatic rings. The van der Waals surface area contributed by atoms with Gasteiger partial charge in [-0.1, -0.05) is 37.3 Å². The molecule has 0 unspecified atom stereocenters. The number of halogens is 7. The van der Waals surface area contributed by atoms with Crippen molar-refractivity contribution in [3.63, 3.8) is 0 Å². The molecule has 0 atom stereocenters. The van der Waals surface area contributed by atoms with Crippen LogP contribution in [-0.2, 0) is 22.0 Å². The second kappa shape index (κ2) is 12.8. The molecule has 5 rings (SSSR count). The molecule has 1 aliphatic heterocycles. The predicted octanol–water partition coefficient (Wildman–Crippen LogP) is 9.64. The summed E-state index contributed by atoms with van der Waals surface area (Å²) in [6, 6.07) is 11.6. The van der Waals surface area contributed by atoms with Gasteiger partial charge in [0.2, 0.25) is 0 Å². The van der Waals surface area contributed by atoms with Gasteiger partial charge in [-0.25, -0.2) is 22.0 Å². The Balaban J connectivity index is 1.35. The number of hydrogen-bond donors (Lipinski definition) is 0. The zero-order chi connectivity index (χ0) is 31.6. The van der Waals surface area contributed by atoms with E-state index in [4.69, 9.17) is 9.47 Å². The van der Waals surface area contributed by atoms with Gasteiger partial charge in [-0.15, -0.1) is 6.58 Å². The van der Waals surface area contributed by atoms with E-state index in [2.05, 4.69) is 11.3 Å². The molecule has 3 nitrogen and oxygen atoms in total. The molecule has 230 valence electrons. The summed E-state index contributed by atoms with van der Waals surface area (Å²) in [6.45, 7) is 6.32. The van der Waals surface area contributed by atoms with Crippen molar-refractivity contribution in [2.24, 2.45) is 5.92 Å². The molecule has 0 bridgehead atoms. The van der Waals surface area contributed by atoms with Crippen molar-refractivity contribution < 1.29 is 44.9 Å². The molecule has 1 fully saturated rings. The monoisotopic (exact) mass is 616 g/mol. The van der Waals surface area contributed by atoms with E-state index >= 15 is 8.78 Å². The summed E-state index contributed by atoms with van der Waals surface area (Å²) in [5, 5.41) is 0. The van der Waals surface area contributed by atoms with Crippen LogP contribution in [0.5, 0.6) is 5.75 Å². The number of aryl methyl sites for hydroxylation is 1. The second-order valence-corrected chi connectivity index (χ2v) is 10.6. The number of alkyl halides is 2. The number of rotatable bonds is 9. The van der Waals surface area contributed by atoms with E-state index in [1.807, 2.05) is 6.92 Å². The standard InChI is InChI=1S/C34H27F7O3/c1-3-4-5-20-6-7-21(12-27(20)35)25-11-9-24(16-29(25)37)44-34(40,41)32-30(38)14-23(15-31(32)39)26-10-8-22(13-28(26)36)33-42-17-19(2)18-43-33/h3,6-16,19,33H,1,4-5,17-18H2,2H3. The molecular weight excluding hydrogens is 589 g/mol. The number of allylic oxidation sites excluding steroid dienone is 1. The fraction of sp³-hybridized carbons (Fsp3) is 0.235. The molecule has 1 heterocycles. The average molecular weight is 617 g/mol. The topological polar surface area (TPSA) is 27.7 Å². The Morgan fingerprint density at radius 1 is 0.773 bits per heavy atom. The van der Waals surface area contributed by atoms with Gasteiger partial charge < -0.3 is 14.2 Å². The van der Waals surface area contributed by atoms with E-state index in [-0.39, 0.29) is 28.2 Å². The third-order valence-electron chi connectivity index (χ3n) is 7.14. The van der Waals surface area contributed by atoms with Crippen LogP contribution in [0.25, 0.3) is 22.3 Å². The summed E-state index contributed by atoms with van der Waals surface area (Å²) in [6.07, 6.45) is -2.80. The first-order valence-corrected chi connectivity index (χ1v) is 13.8. The first-order valence-electron chi connectivity index (χ1n) is 13.8. The van der Waals surface area contributed by atoms with E-state index in [1.165, 1.54) is 24.3 Å². The Kier molecular flexibility index (Phi) is 9.12. The lowest BCUT2D eigenvalue weighted by Gasteiger charge is -2.27. The van der Waals surface area contributed by atoms with Crippen LogP contribution in [0.4, 0.5) is 30.7 Å². The Bertz CT molecular complexity index is 1660. The van der Waals surface area contributed by atoms with Gasteiger partial charge in [0, 0.05) is 28.7 Å². The Hall–Kier alpha value is -4.15. The van der Waals surface area contributed by atoms with Crippen molar-refractivity contribution in [2.75, 3.05) is 13.2 Å². The maximum Gasteiger partial charge on any atom is 0.432 e. The maximum atomic E-state index is 15.0. The van der Waals surface area contributed by atoms with Crippen LogP contribution in [0.15, 0.2) is 79.4 Å². The first-order chi connectivity index (χ1) is 21.0. The molecule has 0 spiro atoms.